The van der Waals surface area contributed by atoms with Crippen LogP contribution < -0.4 is 10.6 Å². The number of carbonyl (C=O) groups excluding carboxylic acids is 2. The summed E-state index contributed by atoms with van der Waals surface area (Å²) >= 11 is 4.35. The topological polar surface area (TPSA) is 84.0 Å². The zero-order chi connectivity index (χ0) is 19.4. The fourth-order valence-corrected chi connectivity index (χ4v) is 6.66. The molecule has 0 atom stereocenters. The molecule has 0 unspecified atom stereocenters. The highest BCUT2D eigenvalue weighted by Gasteiger charge is 2.43. The van der Waals surface area contributed by atoms with E-state index in [0.717, 1.165) is 43.4 Å². The molecule has 2 aromatic rings. The van der Waals surface area contributed by atoms with Crippen LogP contribution in [0.3, 0.4) is 0 Å². The molecule has 0 radical (unpaired) electrons. The Kier molecular flexibility index (Phi) is 6.32. The Hall–Kier alpha value is -1.45. The van der Waals surface area contributed by atoms with Crippen molar-refractivity contribution in [3.63, 3.8) is 0 Å². The van der Waals surface area contributed by atoms with Crippen LogP contribution in [0.1, 0.15) is 56.2 Å². The Labute approximate surface area is 176 Å². The first-order valence-corrected chi connectivity index (χ1v) is 12.4. The molecule has 9 heteroatoms. The van der Waals surface area contributed by atoms with E-state index in [4.69, 9.17) is 0 Å². The van der Waals surface area contributed by atoms with E-state index in [1.165, 1.54) is 35.9 Å². The van der Waals surface area contributed by atoms with Gasteiger partial charge >= 0.3 is 0 Å². The zero-order valence-electron chi connectivity index (χ0n) is 15.6. The predicted molar refractivity (Wildman–Crippen MR) is 114 cm³/mol. The van der Waals surface area contributed by atoms with Crippen LogP contribution in [0.4, 0.5) is 5.13 Å². The molecule has 0 bridgehead atoms. The van der Waals surface area contributed by atoms with Crippen LogP contribution >= 0.6 is 34.4 Å². The van der Waals surface area contributed by atoms with E-state index in [0.29, 0.717) is 21.3 Å². The van der Waals surface area contributed by atoms with Crippen LogP contribution in [0, 0.1) is 0 Å². The summed E-state index contributed by atoms with van der Waals surface area (Å²) in [6.45, 7) is 0. The monoisotopic (exact) mass is 436 g/mol. The van der Waals surface area contributed by atoms with E-state index in [-0.39, 0.29) is 11.8 Å². The molecular weight excluding hydrogens is 412 g/mol. The minimum Gasteiger partial charge on any atom is -0.353 e. The summed E-state index contributed by atoms with van der Waals surface area (Å²) < 4.78 is 0.702. The molecule has 28 heavy (non-hydrogen) atoms. The number of hydrogen-bond donors (Lipinski definition) is 2. The lowest BCUT2D eigenvalue weighted by Crippen LogP contribution is -2.37. The van der Waals surface area contributed by atoms with Crippen LogP contribution in [0.25, 0.3) is 0 Å². The predicted octanol–water partition coefficient (Wildman–Crippen LogP) is 4.20. The molecule has 150 valence electrons. The summed E-state index contributed by atoms with van der Waals surface area (Å²) in [5, 5.41) is 16.8. The van der Waals surface area contributed by atoms with Crippen molar-refractivity contribution < 1.29 is 9.59 Å². The molecule has 0 aromatic carbocycles. The molecule has 0 spiro atoms. The number of rotatable bonds is 7. The fourth-order valence-electron chi connectivity index (χ4n) is 4.12. The SMILES string of the molecule is O=C(CSc1nnc(NC(=O)C2(c3cccs3)CCCC2)s1)NC1CCCC1. The van der Waals surface area contributed by atoms with Crippen molar-refractivity contribution >= 4 is 51.4 Å². The fraction of sp³-hybridized carbons (Fsp3) is 0.579. The van der Waals surface area contributed by atoms with E-state index in [1.807, 2.05) is 11.4 Å². The quantitative estimate of drug-likeness (QED) is 0.502. The van der Waals surface area contributed by atoms with Gasteiger partial charge < -0.3 is 5.32 Å². The van der Waals surface area contributed by atoms with Crippen LogP contribution in [0.15, 0.2) is 21.9 Å². The number of nitrogens with one attached hydrogen (secondary N) is 2. The van der Waals surface area contributed by atoms with Gasteiger partial charge in [-0.05, 0) is 37.1 Å². The Balaban J connectivity index is 1.32. The Morgan fingerprint density at radius 3 is 2.68 bits per heavy atom. The second kappa shape index (κ2) is 8.92. The third-order valence-electron chi connectivity index (χ3n) is 5.56. The van der Waals surface area contributed by atoms with Gasteiger partial charge in [0.1, 0.15) is 0 Å². The molecule has 2 fully saturated rings. The maximum absolute atomic E-state index is 13.1. The second-order valence-electron chi connectivity index (χ2n) is 7.43. The number of aromatic nitrogens is 2. The summed E-state index contributed by atoms with van der Waals surface area (Å²) in [6, 6.07) is 4.39. The maximum atomic E-state index is 13.1. The number of carbonyl (C=O) groups is 2. The molecule has 2 aromatic heterocycles. The van der Waals surface area contributed by atoms with Crippen molar-refractivity contribution in [2.45, 2.75) is 67.2 Å². The van der Waals surface area contributed by atoms with Crippen LogP contribution in [0.5, 0.6) is 0 Å². The summed E-state index contributed by atoms with van der Waals surface area (Å²) in [6.07, 6.45) is 8.45. The van der Waals surface area contributed by atoms with Gasteiger partial charge in [-0.25, -0.2) is 0 Å². The highest BCUT2D eigenvalue weighted by atomic mass is 32.2. The molecule has 0 aliphatic heterocycles. The molecular formula is C19H24N4O2S3. The van der Waals surface area contributed by atoms with Crippen molar-refractivity contribution in [3.8, 4) is 0 Å². The van der Waals surface area contributed by atoms with Gasteiger partial charge in [0.2, 0.25) is 16.9 Å². The molecule has 0 saturated heterocycles. The lowest BCUT2D eigenvalue weighted by atomic mass is 9.83. The molecule has 2 aliphatic rings. The number of thiophene rings is 1. The Morgan fingerprint density at radius 2 is 1.96 bits per heavy atom. The van der Waals surface area contributed by atoms with E-state index >= 15 is 0 Å². The smallest absolute Gasteiger partial charge is 0.237 e. The van der Waals surface area contributed by atoms with Crippen LogP contribution in [-0.4, -0.2) is 33.8 Å². The number of hydrogen-bond acceptors (Lipinski definition) is 7. The Bertz CT molecular complexity index is 809. The standard InChI is InChI=1S/C19H24N4O2S3/c24-15(20-13-6-1-2-7-13)12-27-18-23-22-17(28-18)21-16(25)19(9-3-4-10-19)14-8-5-11-26-14/h5,8,11,13H,1-4,6-7,9-10,12H2,(H,20,24)(H,21,22,25). The van der Waals surface area contributed by atoms with Crippen molar-refractivity contribution in [3.05, 3.63) is 22.4 Å². The molecule has 2 amide bonds. The van der Waals surface area contributed by atoms with Gasteiger partial charge in [-0.15, -0.1) is 21.5 Å². The number of anilines is 1. The third-order valence-corrected chi connectivity index (χ3v) is 8.60. The van der Waals surface area contributed by atoms with E-state index in [9.17, 15) is 9.59 Å². The van der Waals surface area contributed by atoms with Crippen molar-refractivity contribution in [1.29, 1.82) is 0 Å². The van der Waals surface area contributed by atoms with Crippen molar-refractivity contribution in [1.82, 2.24) is 15.5 Å². The number of thioether (sulfide) groups is 1. The lowest BCUT2D eigenvalue weighted by molar-refractivity contribution is -0.121. The first-order valence-electron chi connectivity index (χ1n) is 9.77. The highest BCUT2D eigenvalue weighted by molar-refractivity contribution is 8.01. The summed E-state index contributed by atoms with van der Waals surface area (Å²) in [5.41, 5.74) is -0.436. The lowest BCUT2D eigenvalue weighted by Gasteiger charge is -2.25. The molecule has 2 aliphatic carbocycles. The zero-order valence-corrected chi connectivity index (χ0v) is 18.1. The average Bonchev–Trinajstić information content (AvgIpc) is 3.47. The van der Waals surface area contributed by atoms with E-state index in [2.05, 4.69) is 26.9 Å². The van der Waals surface area contributed by atoms with Gasteiger partial charge in [-0.1, -0.05) is 54.8 Å². The highest BCUT2D eigenvalue weighted by Crippen LogP contribution is 2.44. The van der Waals surface area contributed by atoms with Gasteiger partial charge in [0, 0.05) is 10.9 Å². The number of amides is 2. The summed E-state index contributed by atoms with van der Waals surface area (Å²) in [5.74, 6) is 0.387. The third kappa shape index (κ3) is 4.41. The summed E-state index contributed by atoms with van der Waals surface area (Å²) in [4.78, 5) is 26.3. The van der Waals surface area contributed by atoms with Crippen molar-refractivity contribution in [2.75, 3.05) is 11.1 Å². The molecule has 2 N–H and O–H groups in total. The first kappa shape index (κ1) is 19.8. The molecule has 4 rings (SSSR count). The minimum atomic E-state index is -0.436. The van der Waals surface area contributed by atoms with E-state index in [1.54, 1.807) is 11.3 Å². The Morgan fingerprint density at radius 1 is 1.18 bits per heavy atom. The maximum Gasteiger partial charge on any atom is 0.237 e. The second-order valence-corrected chi connectivity index (χ2v) is 10.6. The van der Waals surface area contributed by atoms with Crippen LogP contribution in [0.2, 0.25) is 0 Å². The number of nitrogens with zero attached hydrogens (tertiary/aromatic N) is 2. The minimum absolute atomic E-state index is 0.0131. The first-order chi connectivity index (χ1) is 13.7. The van der Waals surface area contributed by atoms with Gasteiger partial charge in [-0.2, -0.15) is 0 Å². The molecule has 6 nitrogen and oxygen atoms in total. The normalized spacial score (nSPS) is 19.0. The van der Waals surface area contributed by atoms with E-state index < -0.39 is 5.41 Å². The van der Waals surface area contributed by atoms with Crippen LogP contribution in [-0.2, 0) is 15.0 Å². The van der Waals surface area contributed by atoms with Gasteiger partial charge in [0.25, 0.3) is 0 Å². The largest absolute Gasteiger partial charge is 0.353 e. The van der Waals surface area contributed by atoms with Gasteiger partial charge in [-0.3, -0.25) is 14.9 Å². The van der Waals surface area contributed by atoms with Crippen molar-refractivity contribution in [2.24, 2.45) is 0 Å². The summed E-state index contributed by atoms with van der Waals surface area (Å²) in [7, 11) is 0. The van der Waals surface area contributed by atoms with Gasteiger partial charge in [0.15, 0.2) is 4.34 Å². The molecule has 2 saturated carbocycles. The van der Waals surface area contributed by atoms with Gasteiger partial charge in [0.05, 0.1) is 11.2 Å². The average molecular weight is 437 g/mol. The molecule has 2 heterocycles.